The summed E-state index contributed by atoms with van der Waals surface area (Å²) in [5.41, 5.74) is 0. The van der Waals surface area contributed by atoms with Gasteiger partial charge in [-0.2, -0.15) is 0 Å². The lowest BCUT2D eigenvalue weighted by molar-refractivity contribution is -0.177. The molecule has 0 aromatic rings. The maximum atomic E-state index is 11.6. The van der Waals surface area contributed by atoms with Crippen molar-refractivity contribution in [1.82, 2.24) is 0 Å². The van der Waals surface area contributed by atoms with E-state index in [0.717, 1.165) is 19.3 Å². The van der Waals surface area contributed by atoms with Gasteiger partial charge in [-0.1, -0.05) is 39.0 Å². The standard InChI is InChI=1S/C14H24O6/c1-2-3-4-5-6-7-8-19-14-13(18)12(17)11(16)10(9-15)20-14/h12,14-17H,2-9H2,1H3/t12-,14+/m0/s1. The molecule has 1 aliphatic rings. The number of hydrogen-bond donors (Lipinski definition) is 3. The zero-order valence-electron chi connectivity index (χ0n) is 11.9. The fourth-order valence-electron chi connectivity index (χ4n) is 1.97. The van der Waals surface area contributed by atoms with Crippen LogP contribution in [0.1, 0.15) is 45.4 Å². The summed E-state index contributed by atoms with van der Waals surface area (Å²) < 4.78 is 10.3. The van der Waals surface area contributed by atoms with Crippen LogP contribution in [0.2, 0.25) is 0 Å². The van der Waals surface area contributed by atoms with Gasteiger partial charge in [-0.3, -0.25) is 4.79 Å². The Labute approximate surface area is 119 Å². The Kier molecular flexibility index (Phi) is 7.58. The van der Waals surface area contributed by atoms with E-state index in [4.69, 9.17) is 14.6 Å². The molecule has 1 rings (SSSR count). The number of aliphatic hydroxyl groups is 3. The van der Waals surface area contributed by atoms with E-state index in [1.807, 2.05) is 0 Å². The molecule has 0 bridgehead atoms. The summed E-state index contributed by atoms with van der Waals surface area (Å²) in [6, 6.07) is 0. The second kappa shape index (κ2) is 8.94. The minimum atomic E-state index is -1.68. The molecular weight excluding hydrogens is 264 g/mol. The van der Waals surface area contributed by atoms with Crippen LogP contribution in [-0.4, -0.2) is 46.7 Å². The molecule has 1 aliphatic heterocycles. The summed E-state index contributed by atoms with van der Waals surface area (Å²) in [7, 11) is 0. The quantitative estimate of drug-likeness (QED) is 0.555. The van der Waals surface area contributed by atoms with Gasteiger partial charge in [0, 0.05) is 0 Å². The maximum absolute atomic E-state index is 11.6. The molecule has 0 aromatic carbocycles. The number of hydrogen-bond acceptors (Lipinski definition) is 6. The van der Waals surface area contributed by atoms with Gasteiger partial charge < -0.3 is 24.8 Å². The van der Waals surface area contributed by atoms with Crippen LogP contribution in [-0.2, 0) is 14.3 Å². The average Bonchev–Trinajstić information content (AvgIpc) is 2.46. The van der Waals surface area contributed by atoms with E-state index >= 15 is 0 Å². The van der Waals surface area contributed by atoms with Gasteiger partial charge >= 0.3 is 0 Å². The van der Waals surface area contributed by atoms with E-state index in [1.54, 1.807) is 0 Å². The Balaban J connectivity index is 2.29. The van der Waals surface area contributed by atoms with Crippen molar-refractivity contribution in [1.29, 1.82) is 0 Å². The highest BCUT2D eigenvalue weighted by Crippen LogP contribution is 2.20. The Morgan fingerprint density at radius 3 is 2.50 bits per heavy atom. The summed E-state index contributed by atoms with van der Waals surface area (Å²) >= 11 is 0. The minimum Gasteiger partial charge on any atom is -0.506 e. The highest BCUT2D eigenvalue weighted by atomic mass is 16.7. The fraction of sp³-hybridized carbons (Fsp3) is 0.786. The minimum absolute atomic E-state index is 0.218. The SMILES string of the molecule is CCCCCCCCO[C@@H]1OC(CO)=C(O)[C@H](O)C1=O. The topological polar surface area (TPSA) is 96.2 Å². The average molecular weight is 288 g/mol. The van der Waals surface area contributed by atoms with Gasteiger partial charge in [-0.25, -0.2) is 0 Å². The molecule has 0 spiro atoms. The largest absolute Gasteiger partial charge is 0.506 e. The predicted molar refractivity (Wildman–Crippen MR) is 72.0 cm³/mol. The molecule has 0 amide bonds. The van der Waals surface area contributed by atoms with Crippen LogP contribution in [0.15, 0.2) is 11.5 Å². The zero-order chi connectivity index (χ0) is 15.0. The molecule has 2 atom stereocenters. The Hall–Kier alpha value is -1.11. The van der Waals surface area contributed by atoms with Crippen molar-refractivity contribution in [3.05, 3.63) is 11.5 Å². The van der Waals surface area contributed by atoms with E-state index < -0.39 is 30.5 Å². The van der Waals surface area contributed by atoms with Crippen molar-refractivity contribution in [2.45, 2.75) is 57.8 Å². The molecule has 20 heavy (non-hydrogen) atoms. The van der Waals surface area contributed by atoms with Crippen LogP contribution in [0.5, 0.6) is 0 Å². The summed E-state index contributed by atoms with van der Waals surface area (Å²) in [6.45, 7) is 1.91. The highest BCUT2D eigenvalue weighted by Gasteiger charge is 2.38. The van der Waals surface area contributed by atoms with Crippen LogP contribution >= 0.6 is 0 Å². The Morgan fingerprint density at radius 2 is 1.85 bits per heavy atom. The lowest BCUT2D eigenvalue weighted by Gasteiger charge is -2.27. The van der Waals surface area contributed by atoms with Crippen molar-refractivity contribution < 1.29 is 29.6 Å². The second-order valence-corrected chi connectivity index (χ2v) is 4.86. The van der Waals surface area contributed by atoms with Crippen molar-refractivity contribution in [3.8, 4) is 0 Å². The van der Waals surface area contributed by atoms with Gasteiger partial charge in [0.05, 0.1) is 6.61 Å². The monoisotopic (exact) mass is 288 g/mol. The third kappa shape index (κ3) is 4.77. The van der Waals surface area contributed by atoms with E-state index in [1.165, 1.54) is 19.3 Å². The molecule has 6 heteroatoms. The molecule has 0 aliphatic carbocycles. The molecule has 0 saturated carbocycles. The van der Waals surface area contributed by atoms with Gasteiger partial charge in [0.2, 0.25) is 5.78 Å². The number of aliphatic hydroxyl groups excluding tert-OH is 3. The molecule has 3 N–H and O–H groups in total. The van der Waals surface area contributed by atoms with Gasteiger partial charge in [0.25, 0.3) is 6.29 Å². The zero-order valence-corrected chi connectivity index (χ0v) is 11.9. The first kappa shape index (κ1) is 16.9. The van der Waals surface area contributed by atoms with Crippen LogP contribution in [0, 0.1) is 0 Å². The highest BCUT2D eigenvalue weighted by molar-refractivity contribution is 5.89. The summed E-state index contributed by atoms with van der Waals surface area (Å²) in [5.74, 6) is -1.60. The van der Waals surface area contributed by atoms with Gasteiger partial charge in [-0.15, -0.1) is 0 Å². The van der Waals surface area contributed by atoms with Crippen LogP contribution in [0.25, 0.3) is 0 Å². The van der Waals surface area contributed by atoms with Crippen molar-refractivity contribution in [2.24, 2.45) is 0 Å². The smallest absolute Gasteiger partial charge is 0.263 e. The number of carbonyl (C=O) groups excluding carboxylic acids is 1. The molecule has 0 unspecified atom stereocenters. The lowest BCUT2D eigenvalue weighted by Crippen LogP contribution is -2.42. The summed E-state index contributed by atoms with van der Waals surface area (Å²) in [4.78, 5) is 11.6. The summed E-state index contributed by atoms with van der Waals surface area (Å²) in [5, 5.41) is 27.8. The molecular formula is C14H24O6. The maximum Gasteiger partial charge on any atom is 0.263 e. The number of carbonyl (C=O) groups is 1. The third-order valence-corrected chi connectivity index (χ3v) is 3.21. The number of unbranched alkanes of at least 4 members (excludes halogenated alkanes) is 5. The number of Topliss-reactive ketones (excluding diaryl/α,β-unsaturated/α-hetero) is 1. The van der Waals surface area contributed by atoms with Crippen molar-refractivity contribution >= 4 is 5.78 Å². The molecule has 116 valence electrons. The van der Waals surface area contributed by atoms with E-state index in [2.05, 4.69) is 6.92 Å². The van der Waals surface area contributed by atoms with Gasteiger partial charge in [0.1, 0.15) is 6.61 Å². The molecule has 6 nitrogen and oxygen atoms in total. The second-order valence-electron chi connectivity index (χ2n) is 4.86. The van der Waals surface area contributed by atoms with E-state index in [0.29, 0.717) is 6.61 Å². The lowest BCUT2D eigenvalue weighted by atomic mass is 10.1. The molecule has 0 fully saturated rings. The van der Waals surface area contributed by atoms with Crippen LogP contribution in [0.4, 0.5) is 0 Å². The van der Waals surface area contributed by atoms with E-state index in [-0.39, 0.29) is 5.76 Å². The van der Waals surface area contributed by atoms with Crippen LogP contribution in [0.3, 0.4) is 0 Å². The van der Waals surface area contributed by atoms with Crippen molar-refractivity contribution in [2.75, 3.05) is 13.2 Å². The molecule has 0 radical (unpaired) electrons. The fourth-order valence-corrected chi connectivity index (χ4v) is 1.97. The molecule has 1 heterocycles. The molecule has 0 aromatic heterocycles. The first-order valence-corrected chi connectivity index (χ1v) is 7.14. The predicted octanol–water partition coefficient (Wildman–Crippen LogP) is 1.41. The van der Waals surface area contributed by atoms with Gasteiger partial charge in [0.15, 0.2) is 17.6 Å². The number of rotatable bonds is 9. The normalized spacial score (nSPS) is 23.1. The first-order chi connectivity index (χ1) is 9.61. The van der Waals surface area contributed by atoms with Crippen LogP contribution < -0.4 is 0 Å². The summed E-state index contributed by atoms with van der Waals surface area (Å²) in [6.07, 6.45) is 3.62. The number of ether oxygens (including phenoxy) is 2. The Bertz CT molecular complexity index is 339. The Morgan fingerprint density at radius 1 is 1.20 bits per heavy atom. The van der Waals surface area contributed by atoms with Crippen molar-refractivity contribution in [3.63, 3.8) is 0 Å². The van der Waals surface area contributed by atoms with E-state index in [9.17, 15) is 15.0 Å². The molecule has 0 saturated heterocycles. The van der Waals surface area contributed by atoms with Gasteiger partial charge in [-0.05, 0) is 6.42 Å². The number of ketones is 1. The third-order valence-electron chi connectivity index (χ3n) is 3.21. The first-order valence-electron chi connectivity index (χ1n) is 7.14.